The number of methoxy groups -OCH3 is 1. The van der Waals surface area contributed by atoms with Crippen LogP contribution < -0.4 is 5.32 Å². The Morgan fingerprint density at radius 3 is 2.80 bits per heavy atom. The quantitative estimate of drug-likeness (QED) is 0.839. The van der Waals surface area contributed by atoms with Crippen LogP contribution >= 0.6 is 0 Å². The number of ether oxygens (including phenoxy) is 1. The van der Waals surface area contributed by atoms with Crippen molar-refractivity contribution in [1.29, 1.82) is 0 Å². The van der Waals surface area contributed by atoms with Gasteiger partial charge in [0.15, 0.2) is 0 Å². The Balaban J connectivity index is 2.09. The molecule has 0 aromatic heterocycles. The first-order valence-electron chi connectivity index (χ1n) is 7.04. The van der Waals surface area contributed by atoms with Crippen molar-refractivity contribution in [2.45, 2.75) is 44.6 Å². The molecule has 20 heavy (non-hydrogen) atoms. The normalized spacial score (nSPS) is 20.7. The third-order valence-corrected chi connectivity index (χ3v) is 3.78. The molecule has 4 heteroatoms. The summed E-state index contributed by atoms with van der Waals surface area (Å²) in [6.07, 6.45) is 3.06. The second-order valence-electron chi connectivity index (χ2n) is 5.33. The number of fused-ring (bicyclic) bond motifs is 1. The van der Waals surface area contributed by atoms with Gasteiger partial charge in [-0.05, 0) is 37.8 Å². The van der Waals surface area contributed by atoms with E-state index in [1.807, 2.05) is 24.3 Å². The van der Waals surface area contributed by atoms with Gasteiger partial charge in [0.2, 0.25) is 0 Å². The molecule has 1 aliphatic rings. The van der Waals surface area contributed by atoms with E-state index < -0.39 is 0 Å². The molecular formula is C16H21NO3. The van der Waals surface area contributed by atoms with Crippen LogP contribution in [0.3, 0.4) is 0 Å². The van der Waals surface area contributed by atoms with Gasteiger partial charge in [0.1, 0.15) is 5.78 Å². The molecule has 0 radical (unpaired) electrons. The van der Waals surface area contributed by atoms with Crippen LogP contribution in [0.1, 0.15) is 44.1 Å². The first-order chi connectivity index (χ1) is 9.61. The zero-order valence-electron chi connectivity index (χ0n) is 12.0. The van der Waals surface area contributed by atoms with Gasteiger partial charge in [-0.3, -0.25) is 4.79 Å². The fourth-order valence-corrected chi connectivity index (χ4v) is 2.78. The number of nitrogens with one attached hydrogen (secondary N) is 1. The van der Waals surface area contributed by atoms with Crippen molar-refractivity contribution in [2.24, 2.45) is 0 Å². The molecule has 4 nitrogen and oxygen atoms in total. The van der Waals surface area contributed by atoms with Crippen LogP contribution in [-0.4, -0.2) is 24.9 Å². The van der Waals surface area contributed by atoms with Crippen LogP contribution in [0.25, 0.3) is 0 Å². The Labute approximate surface area is 119 Å². The molecule has 2 rings (SSSR count). The number of benzene rings is 1. The lowest BCUT2D eigenvalue weighted by Crippen LogP contribution is -2.32. The number of Topliss-reactive ketones (excluding diaryl/α,β-unsaturated/α-hetero) is 1. The van der Waals surface area contributed by atoms with Crippen molar-refractivity contribution in [3.05, 3.63) is 29.8 Å². The highest BCUT2D eigenvalue weighted by Gasteiger charge is 2.31. The van der Waals surface area contributed by atoms with E-state index in [0.717, 1.165) is 30.5 Å². The van der Waals surface area contributed by atoms with E-state index in [4.69, 9.17) is 4.74 Å². The number of esters is 1. The van der Waals surface area contributed by atoms with Gasteiger partial charge in [0.05, 0.1) is 13.0 Å². The van der Waals surface area contributed by atoms with E-state index in [2.05, 4.69) is 5.32 Å². The minimum atomic E-state index is -0.209. The van der Waals surface area contributed by atoms with Crippen LogP contribution in [-0.2, 0) is 14.3 Å². The van der Waals surface area contributed by atoms with E-state index in [-0.39, 0.29) is 23.7 Å². The Bertz CT molecular complexity index is 498. The fraction of sp³-hybridized carbons (Fsp3) is 0.500. The minimum Gasteiger partial charge on any atom is -0.469 e. The number of para-hydroxylation sites is 1. The minimum absolute atomic E-state index is 0.185. The molecule has 1 N–H and O–H groups in total. The summed E-state index contributed by atoms with van der Waals surface area (Å²) in [6.45, 7) is 1.61. The van der Waals surface area contributed by atoms with E-state index in [1.54, 1.807) is 6.92 Å². The summed E-state index contributed by atoms with van der Waals surface area (Å²) in [5, 5.41) is 3.46. The smallest absolute Gasteiger partial charge is 0.313 e. The summed E-state index contributed by atoms with van der Waals surface area (Å²) in [4.78, 5) is 23.0. The summed E-state index contributed by atoms with van der Waals surface area (Å²) in [7, 11) is 1.43. The van der Waals surface area contributed by atoms with Crippen LogP contribution in [0.5, 0.6) is 0 Å². The summed E-state index contributed by atoms with van der Waals surface area (Å²) in [6, 6.07) is 8.07. The van der Waals surface area contributed by atoms with Crippen molar-refractivity contribution in [1.82, 2.24) is 0 Å². The lowest BCUT2D eigenvalue weighted by Gasteiger charge is -2.31. The molecule has 0 saturated carbocycles. The topological polar surface area (TPSA) is 55.4 Å². The molecule has 1 heterocycles. The second kappa shape index (κ2) is 6.55. The lowest BCUT2D eigenvalue weighted by atomic mass is 9.85. The van der Waals surface area contributed by atoms with Gasteiger partial charge >= 0.3 is 5.97 Å². The molecule has 0 fully saturated rings. The SMILES string of the molecule is COC(=O)[C@H]1C[C@@H](CCCC(C)=O)Nc2ccccc21. The summed E-state index contributed by atoms with van der Waals surface area (Å²) in [5.41, 5.74) is 2.00. The lowest BCUT2D eigenvalue weighted by molar-refractivity contribution is -0.142. The van der Waals surface area contributed by atoms with E-state index in [0.29, 0.717) is 6.42 Å². The Morgan fingerprint density at radius 1 is 1.35 bits per heavy atom. The summed E-state index contributed by atoms with van der Waals surface area (Å²) >= 11 is 0. The van der Waals surface area contributed by atoms with Crippen molar-refractivity contribution in [3.8, 4) is 0 Å². The van der Waals surface area contributed by atoms with Gasteiger partial charge in [-0.1, -0.05) is 18.2 Å². The molecule has 0 unspecified atom stereocenters. The molecule has 1 aromatic rings. The number of carbonyl (C=O) groups excluding carboxylic acids is 2. The fourth-order valence-electron chi connectivity index (χ4n) is 2.78. The Hall–Kier alpha value is -1.84. The molecule has 108 valence electrons. The van der Waals surface area contributed by atoms with Crippen LogP contribution in [0.15, 0.2) is 24.3 Å². The number of hydrogen-bond donors (Lipinski definition) is 1. The highest BCUT2D eigenvalue weighted by molar-refractivity contribution is 5.81. The van der Waals surface area contributed by atoms with Gasteiger partial charge in [0.25, 0.3) is 0 Å². The second-order valence-corrected chi connectivity index (χ2v) is 5.33. The molecule has 1 aromatic carbocycles. The van der Waals surface area contributed by atoms with E-state index >= 15 is 0 Å². The number of ketones is 1. The molecule has 1 aliphatic heterocycles. The molecule has 0 saturated heterocycles. The van der Waals surface area contributed by atoms with Gasteiger partial charge in [-0.2, -0.15) is 0 Å². The number of rotatable bonds is 5. The van der Waals surface area contributed by atoms with E-state index in [1.165, 1.54) is 7.11 Å². The standard InChI is InChI=1S/C16H21NO3/c1-11(18)6-5-7-12-10-14(16(19)20-2)13-8-3-4-9-15(13)17-12/h3-4,8-9,12,14,17H,5-7,10H2,1-2H3/t12-,14+/m1/s1. The molecule has 0 spiro atoms. The molecule has 0 aliphatic carbocycles. The predicted octanol–water partition coefficient (Wildman–Crippen LogP) is 2.89. The Morgan fingerprint density at radius 2 is 2.10 bits per heavy atom. The van der Waals surface area contributed by atoms with Crippen LogP contribution in [0, 0.1) is 0 Å². The highest BCUT2D eigenvalue weighted by Crippen LogP contribution is 2.36. The van der Waals surface area contributed by atoms with Gasteiger partial charge in [-0.15, -0.1) is 0 Å². The maximum absolute atomic E-state index is 12.0. The average Bonchev–Trinajstić information content (AvgIpc) is 2.45. The number of hydrogen-bond acceptors (Lipinski definition) is 4. The zero-order valence-corrected chi connectivity index (χ0v) is 12.0. The van der Waals surface area contributed by atoms with E-state index in [9.17, 15) is 9.59 Å². The molecule has 0 bridgehead atoms. The van der Waals surface area contributed by atoms with Gasteiger partial charge < -0.3 is 14.8 Å². The maximum atomic E-state index is 12.0. The first-order valence-corrected chi connectivity index (χ1v) is 7.04. The van der Waals surface area contributed by atoms with Crippen LogP contribution in [0.4, 0.5) is 5.69 Å². The third kappa shape index (κ3) is 3.38. The largest absolute Gasteiger partial charge is 0.469 e. The first kappa shape index (κ1) is 14.6. The summed E-state index contributed by atoms with van der Waals surface area (Å²) in [5.74, 6) is -0.180. The van der Waals surface area contributed by atoms with Crippen molar-refractivity contribution >= 4 is 17.4 Å². The number of anilines is 1. The maximum Gasteiger partial charge on any atom is 0.313 e. The molecule has 0 amide bonds. The van der Waals surface area contributed by atoms with Crippen LogP contribution in [0.2, 0.25) is 0 Å². The summed E-state index contributed by atoms with van der Waals surface area (Å²) < 4.78 is 4.92. The van der Waals surface area contributed by atoms with Gasteiger partial charge in [-0.25, -0.2) is 0 Å². The highest BCUT2D eigenvalue weighted by atomic mass is 16.5. The molecular weight excluding hydrogens is 254 g/mol. The third-order valence-electron chi connectivity index (χ3n) is 3.78. The van der Waals surface area contributed by atoms with Gasteiger partial charge in [0, 0.05) is 18.2 Å². The van der Waals surface area contributed by atoms with Crippen molar-refractivity contribution < 1.29 is 14.3 Å². The van der Waals surface area contributed by atoms with Crippen molar-refractivity contribution in [2.75, 3.05) is 12.4 Å². The predicted molar refractivity (Wildman–Crippen MR) is 77.8 cm³/mol. The zero-order chi connectivity index (χ0) is 14.5. The van der Waals surface area contributed by atoms with Crippen molar-refractivity contribution in [3.63, 3.8) is 0 Å². The molecule has 2 atom stereocenters. The average molecular weight is 275 g/mol. The Kier molecular flexibility index (Phi) is 4.77. The number of carbonyl (C=O) groups is 2. The monoisotopic (exact) mass is 275 g/mol.